The number of allylic oxidation sites excluding steroid dienone is 2. The van der Waals surface area contributed by atoms with Crippen molar-refractivity contribution < 1.29 is 13.5 Å². The lowest BCUT2D eigenvalue weighted by Gasteiger charge is -2.18. The molecule has 1 aromatic carbocycles. The molecule has 3 nitrogen and oxygen atoms in total. The number of nitrogens with zero attached hydrogens (tertiary/aromatic N) is 1. The summed E-state index contributed by atoms with van der Waals surface area (Å²) in [6.07, 6.45) is 5.59. The number of hydrogen-bond donors (Lipinski definition) is 0. The molecule has 1 aliphatic rings. The highest BCUT2D eigenvalue weighted by molar-refractivity contribution is 6.35. The molecule has 0 saturated carbocycles. The molecular weight excluding hydrogens is 353 g/mol. The Morgan fingerprint density at radius 3 is 3.00 bits per heavy atom. The molecule has 3 aromatic rings. The number of aromatic nitrogens is 1. The predicted octanol–water partition coefficient (Wildman–Crippen LogP) is 6.40. The summed E-state index contributed by atoms with van der Waals surface area (Å²) in [5.74, 6) is 1.27. The van der Waals surface area contributed by atoms with Gasteiger partial charge in [0.15, 0.2) is 0 Å². The smallest absolute Gasteiger partial charge is 0.278 e. The number of fused-ring (bicyclic) bond motifs is 1. The highest BCUT2D eigenvalue weighted by atomic mass is 35.5. The Kier molecular flexibility index (Phi) is 4.68. The zero-order valence-electron chi connectivity index (χ0n) is 14.5. The van der Waals surface area contributed by atoms with Gasteiger partial charge in [-0.1, -0.05) is 36.7 Å². The van der Waals surface area contributed by atoms with Crippen LogP contribution >= 0.6 is 11.6 Å². The number of pyridine rings is 1. The molecule has 2 aromatic heterocycles. The van der Waals surface area contributed by atoms with Gasteiger partial charge in [0.25, 0.3) is 6.01 Å². The van der Waals surface area contributed by atoms with Gasteiger partial charge in [0.05, 0.1) is 10.7 Å². The molecule has 0 aliphatic heterocycles. The van der Waals surface area contributed by atoms with Gasteiger partial charge in [0.1, 0.15) is 12.2 Å². The first-order valence-corrected chi connectivity index (χ1v) is 9.13. The fraction of sp³-hybridized carbons (Fsp3) is 0.286. The van der Waals surface area contributed by atoms with Crippen molar-refractivity contribution in [3.8, 4) is 5.88 Å². The average molecular weight is 372 g/mol. The topological polar surface area (TPSA) is 35.3 Å². The Balaban J connectivity index is 1.54. The predicted molar refractivity (Wildman–Crippen MR) is 101 cm³/mol. The van der Waals surface area contributed by atoms with Crippen LogP contribution < -0.4 is 4.74 Å². The fourth-order valence-corrected chi connectivity index (χ4v) is 3.46. The molecule has 134 valence electrons. The molecule has 0 saturated heterocycles. The molecule has 5 heteroatoms. The Hall–Kier alpha value is -2.33. The van der Waals surface area contributed by atoms with Crippen LogP contribution in [0.3, 0.4) is 0 Å². The van der Waals surface area contributed by atoms with Crippen LogP contribution in [-0.4, -0.2) is 4.98 Å². The van der Waals surface area contributed by atoms with Crippen molar-refractivity contribution in [2.75, 3.05) is 0 Å². The molecule has 0 bridgehead atoms. The first-order valence-electron chi connectivity index (χ1n) is 8.76. The molecule has 0 amide bonds. The van der Waals surface area contributed by atoms with Crippen molar-refractivity contribution in [1.82, 2.24) is 4.98 Å². The number of halogens is 2. The highest BCUT2D eigenvalue weighted by Gasteiger charge is 2.14. The van der Waals surface area contributed by atoms with E-state index in [0.29, 0.717) is 21.9 Å². The summed E-state index contributed by atoms with van der Waals surface area (Å²) in [7, 11) is 0. The summed E-state index contributed by atoms with van der Waals surface area (Å²) in [6, 6.07) is 9.91. The van der Waals surface area contributed by atoms with Gasteiger partial charge >= 0.3 is 0 Å². The minimum Gasteiger partial charge on any atom is -0.473 e. The molecule has 4 rings (SSSR count). The monoisotopic (exact) mass is 371 g/mol. The van der Waals surface area contributed by atoms with Crippen LogP contribution in [0.15, 0.2) is 46.9 Å². The van der Waals surface area contributed by atoms with E-state index >= 15 is 0 Å². The summed E-state index contributed by atoms with van der Waals surface area (Å²) >= 11 is 6.09. The standard InChI is InChI=1S/C21H19ClFNO2/c1-13-5-7-14(8-6-13)18-3-2-4-20(24-18)25-12-15-9-10-17(22)16-11-19(23)26-21(15)16/h2-4,7,9-11,13H,5-6,8,12H2,1H3. The molecule has 0 radical (unpaired) electrons. The van der Waals surface area contributed by atoms with Gasteiger partial charge in [-0.25, -0.2) is 4.98 Å². The van der Waals surface area contributed by atoms with E-state index in [0.717, 1.165) is 30.0 Å². The van der Waals surface area contributed by atoms with Crippen LogP contribution in [-0.2, 0) is 6.61 Å². The van der Waals surface area contributed by atoms with Gasteiger partial charge < -0.3 is 9.15 Å². The molecule has 1 aliphatic carbocycles. The van der Waals surface area contributed by atoms with Gasteiger partial charge in [-0.15, -0.1) is 0 Å². The molecule has 0 spiro atoms. The summed E-state index contributed by atoms with van der Waals surface area (Å²) < 4.78 is 24.4. The van der Waals surface area contributed by atoms with Crippen molar-refractivity contribution >= 4 is 28.1 Å². The summed E-state index contributed by atoms with van der Waals surface area (Å²) in [5.41, 5.74) is 3.37. The molecule has 26 heavy (non-hydrogen) atoms. The van der Waals surface area contributed by atoms with Crippen molar-refractivity contribution in [2.45, 2.75) is 32.8 Å². The minimum absolute atomic E-state index is 0.229. The maximum Gasteiger partial charge on any atom is 0.278 e. The largest absolute Gasteiger partial charge is 0.473 e. The third-order valence-corrected chi connectivity index (χ3v) is 5.11. The zero-order valence-corrected chi connectivity index (χ0v) is 15.2. The Labute approximate surface area is 156 Å². The summed E-state index contributed by atoms with van der Waals surface area (Å²) in [6.45, 7) is 2.50. The second-order valence-electron chi connectivity index (χ2n) is 6.76. The lowest BCUT2D eigenvalue weighted by Crippen LogP contribution is -2.03. The van der Waals surface area contributed by atoms with E-state index < -0.39 is 6.01 Å². The fourth-order valence-electron chi connectivity index (χ4n) is 3.25. The second kappa shape index (κ2) is 7.12. The van der Waals surface area contributed by atoms with Crippen LogP contribution in [0.1, 0.15) is 37.4 Å². The molecular formula is C21H19ClFNO2. The van der Waals surface area contributed by atoms with Crippen LogP contribution in [0, 0.1) is 11.9 Å². The van der Waals surface area contributed by atoms with Gasteiger partial charge in [-0.05, 0) is 42.9 Å². The first-order chi connectivity index (χ1) is 12.6. The summed E-state index contributed by atoms with van der Waals surface area (Å²) in [4.78, 5) is 4.62. The molecule has 0 N–H and O–H groups in total. The van der Waals surface area contributed by atoms with E-state index in [2.05, 4.69) is 18.0 Å². The van der Waals surface area contributed by atoms with Crippen LogP contribution in [0.5, 0.6) is 5.88 Å². The number of furan rings is 1. The molecule has 1 atom stereocenters. The van der Waals surface area contributed by atoms with Crippen molar-refractivity contribution in [2.24, 2.45) is 5.92 Å². The van der Waals surface area contributed by atoms with Crippen LogP contribution in [0.4, 0.5) is 4.39 Å². The van der Waals surface area contributed by atoms with E-state index in [1.54, 1.807) is 12.1 Å². The SMILES string of the molecule is CC1CC=C(c2cccc(OCc3ccc(Cl)c4cc(F)oc34)n2)CC1. The number of rotatable bonds is 4. The van der Waals surface area contributed by atoms with E-state index in [4.69, 9.17) is 20.8 Å². The van der Waals surface area contributed by atoms with Crippen molar-refractivity contribution in [3.63, 3.8) is 0 Å². The lowest BCUT2D eigenvalue weighted by atomic mass is 9.89. The summed E-state index contributed by atoms with van der Waals surface area (Å²) in [5, 5.41) is 1.00. The number of hydrogen-bond acceptors (Lipinski definition) is 3. The van der Waals surface area contributed by atoms with Crippen molar-refractivity contribution in [1.29, 1.82) is 0 Å². The quantitative estimate of drug-likeness (QED) is 0.532. The van der Waals surface area contributed by atoms with Gasteiger partial charge in [0.2, 0.25) is 5.88 Å². The first kappa shape index (κ1) is 17.1. The van der Waals surface area contributed by atoms with Crippen LogP contribution in [0.25, 0.3) is 16.5 Å². The third-order valence-electron chi connectivity index (χ3n) is 4.78. The van der Waals surface area contributed by atoms with E-state index in [-0.39, 0.29) is 6.61 Å². The number of benzene rings is 1. The third kappa shape index (κ3) is 3.47. The molecule has 0 fully saturated rings. The number of ether oxygens (including phenoxy) is 1. The Morgan fingerprint density at radius 2 is 2.19 bits per heavy atom. The van der Waals surface area contributed by atoms with Gasteiger partial charge in [-0.3, -0.25) is 0 Å². The zero-order chi connectivity index (χ0) is 18.1. The van der Waals surface area contributed by atoms with Gasteiger partial charge in [0, 0.05) is 23.1 Å². The lowest BCUT2D eigenvalue weighted by molar-refractivity contribution is 0.291. The van der Waals surface area contributed by atoms with E-state index in [1.807, 2.05) is 18.2 Å². The van der Waals surface area contributed by atoms with Gasteiger partial charge in [-0.2, -0.15) is 4.39 Å². The average Bonchev–Trinajstić information content (AvgIpc) is 3.05. The van der Waals surface area contributed by atoms with E-state index in [1.165, 1.54) is 18.1 Å². The second-order valence-corrected chi connectivity index (χ2v) is 7.17. The van der Waals surface area contributed by atoms with E-state index in [9.17, 15) is 4.39 Å². The van der Waals surface area contributed by atoms with Crippen LogP contribution in [0.2, 0.25) is 5.02 Å². The maximum atomic E-state index is 13.4. The Bertz CT molecular complexity index is 979. The molecule has 1 unspecified atom stereocenters. The minimum atomic E-state index is -0.659. The maximum absolute atomic E-state index is 13.4. The normalized spacial score (nSPS) is 17.3. The Morgan fingerprint density at radius 1 is 1.31 bits per heavy atom. The molecule has 2 heterocycles. The highest BCUT2D eigenvalue weighted by Crippen LogP contribution is 2.31. The van der Waals surface area contributed by atoms with Crippen molar-refractivity contribution in [3.05, 3.63) is 64.8 Å².